The average Bonchev–Trinajstić information content (AvgIpc) is 3.72. The molecule has 0 amide bonds. The molecule has 8 rings (SSSR count). The second-order valence-corrected chi connectivity index (χ2v) is 13.0. The van der Waals surface area contributed by atoms with Crippen molar-refractivity contribution < 1.29 is 23.3 Å². The number of hydrogen-bond acceptors (Lipinski definition) is 0. The molecule has 4 heteroatoms. The molecular formula is C47H48Cl2SiZr-4. The minimum atomic E-state index is 0. The Labute approximate surface area is 335 Å². The SMILES string of the molecule is CC(C)c1cc2c(-c3cccc4ccccc34)cccc2[cH-]1.Cc1cc2c(-c3cccc4ccccc34)ccc(C(C)C)c2[cH-]1.Cl.Cl.[CH3-].[CH3-].[Si]=[Zr]. The van der Waals surface area contributed by atoms with Gasteiger partial charge in [-0.25, -0.2) is 0 Å². The first-order chi connectivity index (χ1) is 22.9. The quantitative estimate of drug-likeness (QED) is 0.123. The minimum absolute atomic E-state index is 0. The standard InChI is InChI=1S/C23H21.C22H19.2CH3.2ClH.Si.Zr/c1-15(2)18-11-12-21(23-14-16(3)13-22(18)23)20-10-6-8-17-7-4-5-9-19(17)20;1-15(2)18-13-17-9-6-12-21(22(17)14-18)20-11-5-8-16-7-3-4-10-19(16)20;;;;;;/h4-15H,1-3H3;3-15H,1-2H3;2*1H3;2*1H;;/q4*-1;;;;. The van der Waals surface area contributed by atoms with Crippen LogP contribution in [0.15, 0.2) is 140 Å². The Kier molecular flexibility index (Phi) is 16.8. The van der Waals surface area contributed by atoms with Crippen molar-refractivity contribution in [1.29, 1.82) is 0 Å². The molecule has 0 N–H and O–H groups in total. The Morgan fingerprint density at radius 1 is 0.490 bits per heavy atom. The van der Waals surface area contributed by atoms with Crippen molar-refractivity contribution >= 4 is 74.8 Å². The van der Waals surface area contributed by atoms with Crippen LogP contribution < -0.4 is 0 Å². The van der Waals surface area contributed by atoms with Crippen LogP contribution in [0.25, 0.3) is 65.3 Å². The summed E-state index contributed by atoms with van der Waals surface area (Å²) in [6, 6.07) is 51.0. The van der Waals surface area contributed by atoms with Crippen molar-refractivity contribution in [2.45, 2.75) is 46.5 Å². The van der Waals surface area contributed by atoms with Gasteiger partial charge in [-0.1, -0.05) is 149 Å². The average molecular weight is 803 g/mol. The molecule has 0 aromatic heterocycles. The molecular weight excluding hydrogens is 755 g/mol. The second kappa shape index (κ2) is 19.5. The van der Waals surface area contributed by atoms with Gasteiger partial charge >= 0.3 is 30.2 Å². The van der Waals surface area contributed by atoms with Crippen LogP contribution in [0.1, 0.15) is 56.2 Å². The summed E-state index contributed by atoms with van der Waals surface area (Å²) in [5.74, 6) is 1.11. The zero-order valence-electron chi connectivity index (χ0n) is 30.8. The van der Waals surface area contributed by atoms with Crippen molar-refractivity contribution in [3.8, 4) is 22.3 Å². The summed E-state index contributed by atoms with van der Waals surface area (Å²) in [4.78, 5) is 0. The van der Waals surface area contributed by atoms with E-state index in [4.69, 9.17) is 0 Å². The Morgan fingerprint density at radius 2 is 0.961 bits per heavy atom. The van der Waals surface area contributed by atoms with Gasteiger partial charge in [0.15, 0.2) is 0 Å². The van der Waals surface area contributed by atoms with E-state index in [9.17, 15) is 0 Å². The van der Waals surface area contributed by atoms with Gasteiger partial charge in [-0.15, -0.1) is 93.4 Å². The van der Waals surface area contributed by atoms with Gasteiger partial charge in [0.1, 0.15) is 0 Å². The van der Waals surface area contributed by atoms with Gasteiger partial charge in [-0.2, -0.15) is 12.1 Å². The van der Waals surface area contributed by atoms with Crippen molar-refractivity contribution in [3.05, 3.63) is 171 Å². The maximum absolute atomic E-state index is 3.06. The Balaban J connectivity index is 0.000000314. The van der Waals surface area contributed by atoms with Crippen LogP contribution in [0.2, 0.25) is 0 Å². The topological polar surface area (TPSA) is 0 Å². The van der Waals surface area contributed by atoms with E-state index in [0.717, 1.165) is 0 Å². The molecule has 0 bridgehead atoms. The van der Waals surface area contributed by atoms with Crippen LogP contribution in [-0.2, 0) is 23.3 Å². The number of halogens is 2. The van der Waals surface area contributed by atoms with Gasteiger partial charge in [0.2, 0.25) is 0 Å². The summed E-state index contributed by atoms with van der Waals surface area (Å²) in [5.41, 5.74) is 9.53. The molecule has 0 unspecified atom stereocenters. The molecule has 0 aliphatic heterocycles. The van der Waals surface area contributed by atoms with Gasteiger partial charge < -0.3 is 14.9 Å². The van der Waals surface area contributed by atoms with Crippen molar-refractivity contribution in [1.82, 2.24) is 0 Å². The molecule has 0 saturated heterocycles. The Bertz CT molecular complexity index is 2310. The summed E-state index contributed by atoms with van der Waals surface area (Å²) in [6.45, 7) is 14.3. The van der Waals surface area contributed by atoms with Gasteiger partial charge in [-0.3, -0.25) is 0 Å². The summed E-state index contributed by atoms with van der Waals surface area (Å²) < 4.78 is 0. The molecule has 8 aromatic carbocycles. The monoisotopic (exact) mass is 800 g/mol. The molecule has 0 spiro atoms. The summed E-state index contributed by atoms with van der Waals surface area (Å²) >= 11 is 1.36. The van der Waals surface area contributed by atoms with Crippen molar-refractivity contribution in [2.24, 2.45) is 0 Å². The zero-order valence-corrected chi connectivity index (χ0v) is 35.8. The molecule has 0 atom stereocenters. The molecule has 0 aliphatic carbocycles. The zero-order chi connectivity index (χ0) is 33.1. The first-order valence-electron chi connectivity index (χ1n) is 16.5. The third-order valence-electron chi connectivity index (χ3n) is 9.29. The number of hydrogen-bond donors (Lipinski definition) is 0. The number of rotatable bonds is 4. The fourth-order valence-corrected chi connectivity index (χ4v) is 6.95. The molecule has 0 saturated carbocycles. The van der Waals surface area contributed by atoms with Gasteiger partial charge in [0.05, 0.1) is 0 Å². The van der Waals surface area contributed by atoms with Crippen molar-refractivity contribution in [2.75, 3.05) is 0 Å². The maximum atomic E-state index is 3.06. The predicted octanol–water partition coefficient (Wildman–Crippen LogP) is 14.7. The predicted molar refractivity (Wildman–Crippen MR) is 231 cm³/mol. The van der Waals surface area contributed by atoms with E-state index in [2.05, 4.69) is 181 Å². The van der Waals surface area contributed by atoms with Gasteiger partial charge in [-0.05, 0) is 38.6 Å². The number of benzene rings is 6. The molecule has 0 nitrogen and oxygen atoms in total. The Morgan fingerprint density at radius 3 is 1.49 bits per heavy atom. The summed E-state index contributed by atoms with van der Waals surface area (Å²) in [6.07, 6.45) is 0. The fourth-order valence-electron chi connectivity index (χ4n) is 6.95. The van der Waals surface area contributed by atoms with E-state index in [0.29, 0.717) is 11.8 Å². The van der Waals surface area contributed by atoms with Crippen LogP contribution >= 0.6 is 24.8 Å². The molecule has 262 valence electrons. The summed E-state index contributed by atoms with van der Waals surface area (Å²) in [7, 11) is 0. The molecule has 51 heavy (non-hydrogen) atoms. The molecule has 0 fully saturated rings. The van der Waals surface area contributed by atoms with Gasteiger partial charge in [0.25, 0.3) is 0 Å². The van der Waals surface area contributed by atoms with Crippen LogP contribution in [0.4, 0.5) is 0 Å². The molecule has 0 heterocycles. The van der Waals surface area contributed by atoms with Crippen LogP contribution in [0, 0.1) is 21.8 Å². The first kappa shape index (κ1) is 43.9. The third kappa shape index (κ3) is 9.04. The van der Waals surface area contributed by atoms with E-state index in [1.54, 1.807) is 0 Å². The second-order valence-electron chi connectivity index (χ2n) is 13.0. The van der Waals surface area contributed by atoms with Crippen LogP contribution in [-0.4, -0.2) is 6.88 Å². The number of aryl methyl sites for hydroxylation is 1. The summed E-state index contributed by atoms with van der Waals surface area (Å²) in [5, 5.41) is 10.7. The third-order valence-corrected chi connectivity index (χ3v) is 9.29. The van der Waals surface area contributed by atoms with Gasteiger partial charge in [0, 0.05) is 0 Å². The molecule has 2 radical (unpaired) electrons. The van der Waals surface area contributed by atoms with E-state index < -0.39 is 0 Å². The van der Waals surface area contributed by atoms with E-state index in [1.807, 2.05) is 0 Å². The fraction of sp³-hybridized carbons (Fsp3) is 0.149. The molecule has 0 aliphatic rings. The Hall–Kier alpha value is -3.26. The van der Waals surface area contributed by atoms with Crippen LogP contribution in [0.5, 0.6) is 0 Å². The van der Waals surface area contributed by atoms with E-state index >= 15 is 0 Å². The first-order valence-corrected chi connectivity index (χ1v) is 20.7. The normalized spacial score (nSPS) is 10.3. The van der Waals surface area contributed by atoms with Crippen LogP contribution in [0.3, 0.4) is 0 Å². The van der Waals surface area contributed by atoms with Crippen molar-refractivity contribution in [3.63, 3.8) is 0 Å². The van der Waals surface area contributed by atoms with E-state index in [1.165, 1.54) is 105 Å². The number of fused-ring (bicyclic) bond motifs is 4. The molecule has 8 aromatic rings. The van der Waals surface area contributed by atoms with E-state index in [-0.39, 0.29) is 39.7 Å².